The van der Waals surface area contributed by atoms with Gasteiger partial charge in [0.2, 0.25) is 0 Å². The summed E-state index contributed by atoms with van der Waals surface area (Å²) in [6.45, 7) is 7.85. The SMILES string of the molecule is CN1CCN(c2cc(Cl)nc(Cl)c2)CC1.CN1CCN(c2cc(Cl)nc(Nc3ccc(OC(F)(F)F)cc3)c2)CC1. The third-order valence-electron chi connectivity index (χ3n) is 6.62. The zero-order chi connectivity index (χ0) is 29.6. The minimum atomic E-state index is -4.71. The Morgan fingerprint density at radius 2 is 1.12 bits per heavy atom. The van der Waals surface area contributed by atoms with Gasteiger partial charge in [0.15, 0.2) is 0 Å². The van der Waals surface area contributed by atoms with E-state index in [-0.39, 0.29) is 5.75 Å². The lowest BCUT2D eigenvalue weighted by molar-refractivity contribution is -0.274. The van der Waals surface area contributed by atoms with Crippen molar-refractivity contribution < 1.29 is 17.9 Å². The maximum absolute atomic E-state index is 12.2. The van der Waals surface area contributed by atoms with Gasteiger partial charge in [0.1, 0.15) is 27.0 Å². The van der Waals surface area contributed by atoms with Crippen molar-refractivity contribution in [1.82, 2.24) is 19.8 Å². The molecule has 0 spiro atoms. The number of ether oxygens (including phenoxy) is 1. The van der Waals surface area contributed by atoms with Gasteiger partial charge in [-0.2, -0.15) is 0 Å². The van der Waals surface area contributed by atoms with Crippen LogP contribution in [0.1, 0.15) is 0 Å². The Hall–Kier alpha value is -2.70. The first-order valence-corrected chi connectivity index (χ1v) is 14.1. The number of alkyl halides is 3. The number of anilines is 4. The molecule has 2 aliphatic heterocycles. The Kier molecular flexibility index (Phi) is 10.6. The van der Waals surface area contributed by atoms with E-state index in [0.717, 1.165) is 63.7 Å². The van der Waals surface area contributed by atoms with Gasteiger partial charge in [-0.05, 0) is 56.6 Å². The average Bonchev–Trinajstić information content (AvgIpc) is 2.89. The Labute approximate surface area is 252 Å². The lowest BCUT2D eigenvalue weighted by atomic mass is 10.2. The van der Waals surface area contributed by atoms with Gasteiger partial charge >= 0.3 is 6.36 Å². The molecule has 1 N–H and O–H groups in total. The summed E-state index contributed by atoms with van der Waals surface area (Å²) < 4.78 is 40.5. The number of aromatic nitrogens is 2. The number of benzene rings is 1. The van der Waals surface area contributed by atoms with Gasteiger partial charge in [0.25, 0.3) is 0 Å². The fourth-order valence-electron chi connectivity index (χ4n) is 4.38. The molecule has 2 aromatic heterocycles. The van der Waals surface area contributed by atoms with Crippen LogP contribution in [0.4, 0.5) is 36.1 Å². The smallest absolute Gasteiger partial charge is 0.406 e. The van der Waals surface area contributed by atoms with Gasteiger partial charge in [-0.3, -0.25) is 0 Å². The molecule has 222 valence electrons. The standard InChI is InChI=1S/C17H18ClF3N4O.C10H13Cl2N3/c1-24-6-8-25(9-7-24)13-10-15(18)23-16(11-13)22-12-2-4-14(5-3-12)26-17(19,20)21;1-14-2-4-15(5-3-14)8-6-9(11)13-10(12)7-8/h2-5,10-11H,6-9H2,1H3,(H,22,23);6-7H,2-5H2,1H3. The molecule has 0 bridgehead atoms. The van der Waals surface area contributed by atoms with Gasteiger partial charge in [-0.15, -0.1) is 13.2 Å². The van der Waals surface area contributed by atoms with Crippen LogP contribution in [0.5, 0.6) is 5.75 Å². The lowest BCUT2D eigenvalue weighted by Crippen LogP contribution is -2.44. The maximum Gasteiger partial charge on any atom is 0.573 e. The highest BCUT2D eigenvalue weighted by atomic mass is 35.5. The van der Waals surface area contributed by atoms with Crippen LogP contribution in [0, 0.1) is 0 Å². The summed E-state index contributed by atoms with van der Waals surface area (Å²) >= 11 is 17.9. The fourth-order valence-corrected chi connectivity index (χ4v) is 5.03. The van der Waals surface area contributed by atoms with E-state index in [1.165, 1.54) is 24.3 Å². The number of nitrogens with one attached hydrogen (secondary N) is 1. The molecule has 1 aromatic carbocycles. The quantitative estimate of drug-likeness (QED) is 0.331. The van der Waals surface area contributed by atoms with E-state index >= 15 is 0 Å². The number of likely N-dealkylation sites (N-methyl/N-ethyl adjacent to an activating group) is 2. The molecule has 2 fully saturated rings. The highest BCUT2D eigenvalue weighted by Gasteiger charge is 2.31. The highest BCUT2D eigenvalue weighted by molar-refractivity contribution is 6.32. The van der Waals surface area contributed by atoms with Crippen LogP contribution in [0.3, 0.4) is 0 Å². The lowest BCUT2D eigenvalue weighted by Gasteiger charge is -2.34. The normalized spacial score (nSPS) is 16.7. The van der Waals surface area contributed by atoms with Crippen molar-refractivity contribution in [2.75, 3.05) is 81.6 Å². The summed E-state index contributed by atoms with van der Waals surface area (Å²) in [6.07, 6.45) is -4.71. The number of hydrogen-bond donors (Lipinski definition) is 1. The third kappa shape index (κ3) is 9.96. The van der Waals surface area contributed by atoms with Crippen molar-refractivity contribution in [3.05, 3.63) is 64.0 Å². The molecule has 0 unspecified atom stereocenters. The van der Waals surface area contributed by atoms with E-state index in [9.17, 15) is 13.2 Å². The first-order valence-electron chi connectivity index (χ1n) is 12.9. The second-order valence-electron chi connectivity index (χ2n) is 9.78. The molecule has 8 nitrogen and oxygen atoms in total. The third-order valence-corrected chi connectivity index (χ3v) is 7.20. The molecule has 2 aliphatic rings. The van der Waals surface area contributed by atoms with Gasteiger partial charge in [-0.25, -0.2) is 9.97 Å². The molecule has 41 heavy (non-hydrogen) atoms. The fraction of sp³-hybridized carbons (Fsp3) is 0.407. The van der Waals surface area contributed by atoms with Gasteiger partial charge in [0.05, 0.1) is 0 Å². The number of nitrogens with zero attached hydrogens (tertiary/aromatic N) is 6. The van der Waals surface area contributed by atoms with Crippen molar-refractivity contribution >= 4 is 57.7 Å². The number of piperazine rings is 2. The van der Waals surface area contributed by atoms with E-state index in [0.29, 0.717) is 27.0 Å². The van der Waals surface area contributed by atoms with E-state index in [1.54, 1.807) is 6.07 Å². The largest absolute Gasteiger partial charge is 0.573 e. The summed E-state index contributed by atoms with van der Waals surface area (Å²) in [6, 6.07) is 12.8. The molecule has 4 heterocycles. The van der Waals surface area contributed by atoms with Crippen LogP contribution in [-0.4, -0.2) is 92.6 Å². The topological polar surface area (TPSA) is 60.0 Å². The van der Waals surface area contributed by atoms with Crippen molar-refractivity contribution in [2.45, 2.75) is 6.36 Å². The minimum absolute atomic E-state index is 0.278. The van der Waals surface area contributed by atoms with Gasteiger partial charge in [0, 0.05) is 75.5 Å². The van der Waals surface area contributed by atoms with Crippen molar-refractivity contribution in [2.24, 2.45) is 0 Å². The van der Waals surface area contributed by atoms with Crippen molar-refractivity contribution in [1.29, 1.82) is 0 Å². The second kappa shape index (κ2) is 14.0. The molecule has 0 amide bonds. The van der Waals surface area contributed by atoms with Crippen molar-refractivity contribution in [3.63, 3.8) is 0 Å². The summed E-state index contributed by atoms with van der Waals surface area (Å²) in [4.78, 5) is 17.2. The number of hydrogen-bond acceptors (Lipinski definition) is 8. The number of halogens is 6. The number of pyridine rings is 2. The molecule has 3 aromatic rings. The van der Waals surface area contributed by atoms with Gasteiger partial charge < -0.3 is 29.7 Å². The van der Waals surface area contributed by atoms with Crippen LogP contribution < -0.4 is 19.9 Å². The number of rotatable bonds is 5. The molecule has 14 heteroatoms. The van der Waals surface area contributed by atoms with Gasteiger partial charge in [-0.1, -0.05) is 34.8 Å². The molecule has 0 saturated carbocycles. The van der Waals surface area contributed by atoms with E-state index in [1.807, 2.05) is 18.2 Å². The summed E-state index contributed by atoms with van der Waals surface area (Å²) in [5, 5.41) is 4.31. The first kappa shape index (κ1) is 31.2. The average molecular weight is 633 g/mol. The monoisotopic (exact) mass is 631 g/mol. The van der Waals surface area contributed by atoms with E-state index in [2.05, 4.69) is 53.7 Å². The summed E-state index contributed by atoms with van der Waals surface area (Å²) in [7, 11) is 4.21. The molecule has 2 saturated heterocycles. The molecular weight excluding hydrogens is 602 g/mol. The van der Waals surface area contributed by atoms with Crippen LogP contribution in [0.15, 0.2) is 48.5 Å². The minimum Gasteiger partial charge on any atom is -0.406 e. The highest BCUT2D eigenvalue weighted by Crippen LogP contribution is 2.28. The second-order valence-corrected chi connectivity index (χ2v) is 10.9. The summed E-state index contributed by atoms with van der Waals surface area (Å²) in [5.41, 5.74) is 2.60. The molecular formula is C27H31Cl3F3N7O. The van der Waals surface area contributed by atoms with Crippen LogP contribution in [0.25, 0.3) is 0 Å². The molecule has 0 atom stereocenters. The van der Waals surface area contributed by atoms with E-state index in [4.69, 9.17) is 34.8 Å². The molecule has 0 radical (unpaired) electrons. The Morgan fingerprint density at radius 3 is 1.59 bits per heavy atom. The van der Waals surface area contributed by atoms with Crippen molar-refractivity contribution in [3.8, 4) is 5.75 Å². The molecule has 5 rings (SSSR count). The Bertz CT molecular complexity index is 1260. The maximum atomic E-state index is 12.2. The molecule has 0 aliphatic carbocycles. The summed E-state index contributed by atoms with van der Waals surface area (Å²) in [5.74, 6) is 0.246. The predicted molar refractivity (Wildman–Crippen MR) is 159 cm³/mol. The van der Waals surface area contributed by atoms with Crippen LogP contribution in [0.2, 0.25) is 15.5 Å². The zero-order valence-corrected chi connectivity index (χ0v) is 24.9. The Balaban J connectivity index is 0.000000218. The van der Waals surface area contributed by atoms with Crippen LogP contribution >= 0.6 is 34.8 Å². The zero-order valence-electron chi connectivity index (χ0n) is 22.6. The van der Waals surface area contributed by atoms with Crippen LogP contribution in [-0.2, 0) is 0 Å². The van der Waals surface area contributed by atoms with E-state index < -0.39 is 6.36 Å². The Morgan fingerprint density at radius 1 is 0.683 bits per heavy atom. The predicted octanol–water partition coefficient (Wildman–Crippen LogP) is 6.27. The first-order chi connectivity index (χ1) is 19.4.